The van der Waals surface area contributed by atoms with Crippen molar-refractivity contribution < 1.29 is 4.74 Å². The lowest BCUT2D eigenvalue weighted by Gasteiger charge is -2.28. The van der Waals surface area contributed by atoms with Crippen LogP contribution in [0.25, 0.3) is 11.4 Å². The van der Waals surface area contributed by atoms with Crippen LogP contribution in [0.3, 0.4) is 0 Å². The van der Waals surface area contributed by atoms with E-state index in [0.717, 1.165) is 17.0 Å². The number of hydrogen-bond acceptors (Lipinski definition) is 3. The first-order valence-electron chi connectivity index (χ1n) is 8.48. The summed E-state index contributed by atoms with van der Waals surface area (Å²) in [5.41, 5.74) is 5.31. The number of nitrogens with zero attached hydrogens (tertiary/aromatic N) is 2. The van der Waals surface area contributed by atoms with Gasteiger partial charge in [0.15, 0.2) is 5.82 Å². The number of rotatable bonds is 5. The zero-order valence-electron chi connectivity index (χ0n) is 14.0. The van der Waals surface area contributed by atoms with Gasteiger partial charge in [-0.15, -0.1) is 0 Å². The standard InChI is InChI=1S/C20H23ClN2O/c1-24-14-16-5-8-18(17-6-3-15(4-7-17)9-10-21)19(13-16)20-22-11-2-12-23-20/h2,5,8-13,15,17H,3-4,6-7,14H2,1H3. The van der Waals surface area contributed by atoms with E-state index < -0.39 is 0 Å². The molecule has 4 heteroatoms. The minimum atomic E-state index is 0.556. The summed E-state index contributed by atoms with van der Waals surface area (Å²) >= 11 is 5.73. The minimum Gasteiger partial charge on any atom is -0.380 e. The molecule has 0 aliphatic heterocycles. The highest BCUT2D eigenvalue weighted by atomic mass is 35.5. The second-order valence-electron chi connectivity index (χ2n) is 6.36. The number of hydrogen-bond donors (Lipinski definition) is 0. The Hall–Kier alpha value is -1.71. The normalized spacial score (nSPS) is 21.2. The largest absolute Gasteiger partial charge is 0.380 e. The molecule has 126 valence electrons. The molecular formula is C20H23ClN2O. The molecule has 1 aliphatic rings. The van der Waals surface area contributed by atoms with Crippen LogP contribution in [-0.2, 0) is 11.3 Å². The number of methoxy groups -OCH3 is 1. The van der Waals surface area contributed by atoms with E-state index in [-0.39, 0.29) is 0 Å². The molecule has 0 saturated heterocycles. The fourth-order valence-corrected chi connectivity index (χ4v) is 3.78. The Balaban J connectivity index is 1.90. The molecule has 2 aromatic rings. The topological polar surface area (TPSA) is 35.0 Å². The molecule has 1 fully saturated rings. The van der Waals surface area contributed by atoms with Crippen molar-refractivity contribution in [3.05, 3.63) is 59.4 Å². The van der Waals surface area contributed by atoms with Crippen LogP contribution in [0.2, 0.25) is 0 Å². The summed E-state index contributed by atoms with van der Waals surface area (Å²) in [6.07, 6.45) is 10.4. The zero-order valence-corrected chi connectivity index (χ0v) is 14.7. The van der Waals surface area contributed by atoms with Crippen LogP contribution in [0.15, 0.2) is 48.3 Å². The minimum absolute atomic E-state index is 0.556. The van der Waals surface area contributed by atoms with E-state index in [0.29, 0.717) is 18.4 Å². The maximum absolute atomic E-state index is 5.73. The molecular weight excluding hydrogens is 320 g/mol. The summed E-state index contributed by atoms with van der Waals surface area (Å²) in [4.78, 5) is 8.94. The zero-order chi connectivity index (χ0) is 16.8. The van der Waals surface area contributed by atoms with Gasteiger partial charge >= 0.3 is 0 Å². The number of aromatic nitrogens is 2. The molecule has 0 N–H and O–H groups in total. The highest BCUT2D eigenvalue weighted by Gasteiger charge is 2.24. The van der Waals surface area contributed by atoms with Crippen molar-refractivity contribution in [1.82, 2.24) is 9.97 Å². The van der Waals surface area contributed by atoms with Crippen molar-refractivity contribution in [2.45, 2.75) is 38.2 Å². The SMILES string of the molecule is COCc1ccc(C2CCC(C=CCl)CC2)c(-c2ncccn2)c1. The van der Waals surface area contributed by atoms with Gasteiger partial charge in [0.25, 0.3) is 0 Å². The first-order valence-corrected chi connectivity index (χ1v) is 8.91. The molecule has 0 amide bonds. The molecule has 1 aliphatic carbocycles. The Morgan fingerprint density at radius 1 is 1.17 bits per heavy atom. The number of halogens is 1. The van der Waals surface area contributed by atoms with Gasteiger partial charge in [-0.3, -0.25) is 0 Å². The number of ether oxygens (including phenoxy) is 1. The maximum Gasteiger partial charge on any atom is 0.159 e. The van der Waals surface area contributed by atoms with Crippen LogP contribution in [0.1, 0.15) is 42.7 Å². The van der Waals surface area contributed by atoms with E-state index in [4.69, 9.17) is 16.3 Å². The van der Waals surface area contributed by atoms with Gasteiger partial charge in [-0.2, -0.15) is 0 Å². The predicted molar refractivity (Wildman–Crippen MR) is 97.9 cm³/mol. The molecule has 0 unspecified atom stereocenters. The summed E-state index contributed by atoms with van der Waals surface area (Å²) in [6, 6.07) is 8.43. The van der Waals surface area contributed by atoms with Crippen molar-refractivity contribution in [1.29, 1.82) is 0 Å². The highest BCUT2D eigenvalue weighted by Crippen LogP contribution is 2.40. The molecule has 24 heavy (non-hydrogen) atoms. The lowest BCUT2D eigenvalue weighted by atomic mass is 9.77. The molecule has 1 aromatic carbocycles. The van der Waals surface area contributed by atoms with Gasteiger partial charge < -0.3 is 4.74 Å². The van der Waals surface area contributed by atoms with Crippen molar-refractivity contribution in [2.24, 2.45) is 5.92 Å². The molecule has 1 aromatic heterocycles. The quantitative estimate of drug-likeness (QED) is 0.738. The average Bonchev–Trinajstić information content (AvgIpc) is 2.64. The summed E-state index contributed by atoms with van der Waals surface area (Å²) in [5.74, 6) is 1.97. The van der Waals surface area contributed by atoms with Crippen molar-refractivity contribution >= 4 is 11.6 Å². The molecule has 3 nitrogen and oxygen atoms in total. The Kier molecular flexibility index (Phi) is 6.00. The molecule has 1 saturated carbocycles. The molecule has 0 spiro atoms. The Morgan fingerprint density at radius 2 is 1.92 bits per heavy atom. The van der Waals surface area contributed by atoms with Crippen molar-refractivity contribution in [3.63, 3.8) is 0 Å². The number of allylic oxidation sites excluding steroid dienone is 1. The second kappa shape index (κ2) is 8.41. The third kappa shape index (κ3) is 4.03. The lowest BCUT2D eigenvalue weighted by molar-refractivity contribution is 0.185. The van der Waals surface area contributed by atoms with Crippen LogP contribution < -0.4 is 0 Å². The first kappa shape index (κ1) is 17.1. The van der Waals surface area contributed by atoms with Gasteiger partial charge in [-0.25, -0.2) is 9.97 Å². The van der Waals surface area contributed by atoms with Crippen molar-refractivity contribution in [2.75, 3.05) is 7.11 Å². The predicted octanol–water partition coefficient (Wildman–Crippen LogP) is 5.32. The smallest absolute Gasteiger partial charge is 0.159 e. The fraction of sp³-hybridized carbons (Fsp3) is 0.400. The summed E-state index contributed by atoms with van der Waals surface area (Å²) < 4.78 is 5.28. The van der Waals surface area contributed by atoms with Gasteiger partial charge in [-0.1, -0.05) is 29.8 Å². The van der Waals surface area contributed by atoms with Crippen LogP contribution in [0.4, 0.5) is 0 Å². The Labute approximate surface area is 148 Å². The third-order valence-corrected chi connectivity index (χ3v) is 4.94. The lowest BCUT2D eigenvalue weighted by Crippen LogP contribution is -2.13. The van der Waals surface area contributed by atoms with E-state index >= 15 is 0 Å². The van der Waals surface area contributed by atoms with E-state index in [1.807, 2.05) is 6.07 Å². The Bertz CT molecular complexity index is 679. The van der Waals surface area contributed by atoms with E-state index in [1.165, 1.54) is 31.2 Å². The van der Waals surface area contributed by atoms with Crippen LogP contribution in [-0.4, -0.2) is 17.1 Å². The van der Waals surface area contributed by atoms with Crippen LogP contribution >= 0.6 is 11.6 Å². The van der Waals surface area contributed by atoms with Gasteiger partial charge in [-0.05, 0) is 60.8 Å². The maximum atomic E-state index is 5.73. The monoisotopic (exact) mass is 342 g/mol. The van der Waals surface area contributed by atoms with Gasteiger partial charge in [0.1, 0.15) is 0 Å². The van der Waals surface area contributed by atoms with Gasteiger partial charge in [0.05, 0.1) is 6.61 Å². The van der Waals surface area contributed by atoms with E-state index in [9.17, 15) is 0 Å². The first-order chi connectivity index (χ1) is 11.8. The van der Waals surface area contributed by atoms with Crippen molar-refractivity contribution in [3.8, 4) is 11.4 Å². The molecule has 1 heterocycles. The van der Waals surface area contributed by atoms with Gasteiger partial charge in [0.2, 0.25) is 0 Å². The van der Waals surface area contributed by atoms with Crippen LogP contribution in [0.5, 0.6) is 0 Å². The summed E-state index contributed by atoms with van der Waals surface area (Å²) in [5, 5.41) is 0. The third-order valence-electron chi connectivity index (χ3n) is 4.79. The molecule has 0 radical (unpaired) electrons. The Morgan fingerprint density at radius 3 is 2.58 bits per heavy atom. The summed E-state index contributed by atoms with van der Waals surface area (Å²) in [6.45, 7) is 0.605. The average molecular weight is 343 g/mol. The van der Waals surface area contributed by atoms with Gasteiger partial charge in [0, 0.05) is 30.6 Å². The highest BCUT2D eigenvalue weighted by molar-refractivity contribution is 6.25. The van der Waals surface area contributed by atoms with E-state index in [1.54, 1.807) is 25.0 Å². The fourth-order valence-electron chi connectivity index (χ4n) is 3.57. The van der Waals surface area contributed by atoms with Crippen LogP contribution in [0, 0.1) is 5.92 Å². The second-order valence-corrected chi connectivity index (χ2v) is 6.61. The number of benzene rings is 1. The van der Waals surface area contributed by atoms with E-state index in [2.05, 4.69) is 34.2 Å². The summed E-state index contributed by atoms with van der Waals surface area (Å²) in [7, 11) is 1.72. The molecule has 0 atom stereocenters. The molecule has 3 rings (SSSR count). The molecule has 0 bridgehead atoms.